The van der Waals surface area contributed by atoms with Gasteiger partial charge >= 0.3 is 0 Å². The summed E-state index contributed by atoms with van der Waals surface area (Å²) >= 11 is 5.84. The van der Waals surface area contributed by atoms with Gasteiger partial charge in [0.2, 0.25) is 11.8 Å². The summed E-state index contributed by atoms with van der Waals surface area (Å²) < 4.78 is 26.5. The summed E-state index contributed by atoms with van der Waals surface area (Å²) in [5.74, 6) is -1.71. The summed E-state index contributed by atoms with van der Waals surface area (Å²) in [6, 6.07) is 18.6. The Labute approximate surface area is 219 Å². The Bertz CT molecular complexity index is 1300. The second-order valence-corrected chi connectivity index (χ2v) is 9.26. The van der Waals surface area contributed by atoms with Gasteiger partial charge in [-0.15, -0.1) is 0 Å². The monoisotopic (exact) mass is 524 g/mol. The molecule has 192 valence electrons. The fourth-order valence-electron chi connectivity index (χ4n) is 4.41. The highest BCUT2D eigenvalue weighted by Crippen LogP contribution is 2.34. The molecule has 2 atom stereocenters. The van der Waals surface area contributed by atoms with Gasteiger partial charge in [-0.1, -0.05) is 48.0 Å². The van der Waals surface area contributed by atoms with Gasteiger partial charge in [-0.25, -0.2) is 8.78 Å². The average Bonchev–Trinajstić information content (AvgIpc) is 3.31. The van der Waals surface area contributed by atoms with E-state index in [2.05, 4.69) is 10.6 Å². The van der Waals surface area contributed by atoms with Crippen LogP contribution in [0, 0.1) is 11.7 Å². The molecule has 4 N–H and O–H groups in total. The van der Waals surface area contributed by atoms with E-state index in [-0.39, 0.29) is 29.3 Å². The predicted octanol–water partition coefficient (Wildman–Crippen LogP) is 5.34. The Hall–Kier alpha value is -3.75. The number of carbonyl (C=O) groups excluding carboxylic acids is 2. The van der Waals surface area contributed by atoms with Crippen molar-refractivity contribution < 1.29 is 18.4 Å². The summed E-state index contributed by atoms with van der Waals surface area (Å²) in [5.41, 5.74) is 9.01. The molecule has 0 aliphatic carbocycles. The SMILES string of the molecule is Nc1ccccc1NC(=O)/C=C/c1ccc(C2CN(CCF)CC2C(=O)Nc2ccc(F)c(Cl)c2)cc1. The maximum Gasteiger partial charge on any atom is 0.248 e. The second kappa shape index (κ2) is 12.0. The molecule has 37 heavy (non-hydrogen) atoms. The number of carbonyl (C=O) groups is 2. The van der Waals surface area contributed by atoms with Crippen LogP contribution in [0.5, 0.6) is 0 Å². The average molecular weight is 525 g/mol. The highest BCUT2D eigenvalue weighted by atomic mass is 35.5. The standard InChI is InChI=1S/C28H27ClF2N4O2/c29-23-15-20(10-11-24(23)31)33-28(37)22-17-35(14-13-30)16-21(22)19-8-5-18(6-9-19)7-12-27(36)34-26-4-2-1-3-25(26)32/h1-12,15,21-22H,13-14,16-17,32H2,(H,33,37)(H,34,36)/b12-7+. The van der Waals surface area contributed by atoms with Crippen LogP contribution < -0.4 is 16.4 Å². The molecule has 2 amide bonds. The van der Waals surface area contributed by atoms with E-state index in [1.807, 2.05) is 29.2 Å². The number of halogens is 3. The zero-order chi connectivity index (χ0) is 26.4. The smallest absolute Gasteiger partial charge is 0.248 e. The third-order valence-corrected chi connectivity index (χ3v) is 6.62. The van der Waals surface area contributed by atoms with Gasteiger partial charge < -0.3 is 16.4 Å². The van der Waals surface area contributed by atoms with Crippen LogP contribution in [0.25, 0.3) is 6.08 Å². The Morgan fingerprint density at radius 1 is 1.05 bits per heavy atom. The van der Waals surface area contributed by atoms with Crippen LogP contribution in [0.2, 0.25) is 5.02 Å². The van der Waals surface area contributed by atoms with Gasteiger partial charge in [0, 0.05) is 37.3 Å². The Kier molecular flexibility index (Phi) is 8.53. The van der Waals surface area contributed by atoms with Crippen molar-refractivity contribution in [3.05, 3.63) is 94.8 Å². The number of anilines is 3. The molecule has 9 heteroatoms. The van der Waals surface area contributed by atoms with E-state index in [0.29, 0.717) is 30.2 Å². The number of hydrogen-bond donors (Lipinski definition) is 3. The molecule has 2 unspecified atom stereocenters. The van der Waals surface area contributed by atoms with Gasteiger partial charge in [0.15, 0.2) is 0 Å². The molecule has 1 saturated heterocycles. The maximum absolute atomic E-state index is 13.5. The molecule has 6 nitrogen and oxygen atoms in total. The molecule has 0 spiro atoms. The largest absolute Gasteiger partial charge is 0.397 e. The number of nitrogen functional groups attached to an aromatic ring is 1. The van der Waals surface area contributed by atoms with Gasteiger partial charge in [0.25, 0.3) is 0 Å². The number of nitrogens with two attached hydrogens (primary N) is 1. The minimum atomic E-state index is -0.566. The molecule has 3 aromatic carbocycles. The van der Waals surface area contributed by atoms with Gasteiger partial charge in [0.1, 0.15) is 12.5 Å². The number of benzene rings is 3. The van der Waals surface area contributed by atoms with Crippen molar-refractivity contribution >= 4 is 46.6 Å². The first kappa shape index (κ1) is 26.3. The zero-order valence-electron chi connectivity index (χ0n) is 20.0. The molecule has 1 fully saturated rings. The van der Waals surface area contributed by atoms with Crippen molar-refractivity contribution in [1.29, 1.82) is 0 Å². The first-order valence-corrected chi connectivity index (χ1v) is 12.2. The predicted molar refractivity (Wildman–Crippen MR) is 144 cm³/mol. The van der Waals surface area contributed by atoms with Crippen LogP contribution in [0.3, 0.4) is 0 Å². The van der Waals surface area contributed by atoms with E-state index >= 15 is 0 Å². The van der Waals surface area contributed by atoms with E-state index in [4.69, 9.17) is 17.3 Å². The van der Waals surface area contributed by atoms with Crippen LogP contribution in [-0.4, -0.2) is 43.0 Å². The van der Waals surface area contributed by atoms with Crippen LogP contribution in [0.1, 0.15) is 17.0 Å². The topological polar surface area (TPSA) is 87.5 Å². The van der Waals surface area contributed by atoms with E-state index in [1.54, 1.807) is 30.3 Å². The number of likely N-dealkylation sites (tertiary alicyclic amines) is 1. The van der Waals surface area contributed by atoms with E-state index in [9.17, 15) is 18.4 Å². The Morgan fingerprint density at radius 3 is 2.51 bits per heavy atom. The lowest BCUT2D eigenvalue weighted by Crippen LogP contribution is -2.29. The number of nitrogens with one attached hydrogen (secondary N) is 2. The third-order valence-electron chi connectivity index (χ3n) is 6.33. The zero-order valence-corrected chi connectivity index (χ0v) is 20.7. The lowest BCUT2D eigenvalue weighted by atomic mass is 9.88. The maximum atomic E-state index is 13.5. The van der Waals surface area contributed by atoms with E-state index in [1.165, 1.54) is 24.3 Å². The molecule has 0 aromatic heterocycles. The minimum absolute atomic E-state index is 0.0793. The van der Waals surface area contributed by atoms with Crippen LogP contribution >= 0.6 is 11.6 Å². The summed E-state index contributed by atoms with van der Waals surface area (Å²) in [6.07, 6.45) is 3.11. The Balaban J connectivity index is 1.44. The molecular weight excluding hydrogens is 498 g/mol. The number of rotatable bonds is 8. The number of hydrogen-bond acceptors (Lipinski definition) is 4. The molecule has 4 rings (SSSR count). The first-order chi connectivity index (χ1) is 17.8. The molecule has 0 radical (unpaired) electrons. The van der Waals surface area contributed by atoms with Gasteiger partial charge in [-0.3, -0.25) is 14.5 Å². The second-order valence-electron chi connectivity index (χ2n) is 8.86. The normalized spacial score (nSPS) is 17.7. The van der Waals surface area contributed by atoms with Crippen molar-refractivity contribution in [1.82, 2.24) is 4.90 Å². The number of para-hydroxylation sites is 2. The molecule has 0 saturated carbocycles. The molecule has 1 heterocycles. The first-order valence-electron chi connectivity index (χ1n) is 11.8. The lowest BCUT2D eigenvalue weighted by Gasteiger charge is -2.19. The van der Waals surface area contributed by atoms with Gasteiger partial charge in [0.05, 0.1) is 22.3 Å². The van der Waals surface area contributed by atoms with Crippen LogP contribution in [0.4, 0.5) is 25.8 Å². The summed E-state index contributed by atoms with van der Waals surface area (Å²) in [4.78, 5) is 27.3. The van der Waals surface area contributed by atoms with E-state index < -0.39 is 18.4 Å². The fourth-order valence-corrected chi connectivity index (χ4v) is 4.59. The molecular formula is C28H27ClF2N4O2. The highest BCUT2D eigenvalue weighted by molar-refractivity contribution is 6.31. The van der Waals surface area contributed by atoms with Crippen molar-refractivity contribution in [2.24, 2.45) is 5.92 Å². The van der Waals surface area contributed by atoms with Gasteiger partial charge in [-0.2, -0.15) is 0 Å². The number of alkyl halides is 1. The molecule has 1 aliphatic heterocycles. The number of nitrogens with zero attached hydrogens (tertiary/aromatic N) is 1. The molecule has 0 bridgehead atoms. The van der Waals surface area contributed by atoms with Crippen molar-refractivity contribution in [3.8, 4) is 0 Å². The van der Waals surface area contributed by atoms with Gasteiger partial charge in [-0.05, 0) is 47.5 Å². The van der Waals surface area contributed by atoms with Crippen molar-refractivity contribution in [3.63, 3.8) is 0 Å². The third kappa shape index (κ3) is 6.72. The van der Waals surface area contributed by atoms with E-state index in [0.717, 1.165) is 11.1 Å². The summed E-state index contributed by atoms with van der Waals surface area (Å²) in [5, 5.41) is 5.47. The highest BCUT2D eigenvalue weighted by Gasteiger charge is 2.38. The fraction of sp³-hybridized carbons (Fsp3) is 0.214. The molecule has 3 aromatic rings. The van der Waals surface area contributed by atoms with Crippen molar-refractivity contribution in [2.75, 3.05) is 42.7 Å². The van der Waals surface area contributed by atoms with Crippen LogP contribution in [0.15, 0.2) is 72.8 Å². The summed E-state index contributed by atoms with van der Waals surface area (Å²) in [6.45, 7) is 0.668. The Morgan fingerprint density at radius 2 is 1.81 bits per heavy atom. The van der Waals surface area contributed by atoms with Crippen LogP contribution in [-0.2, 0) is 9.59 Å². The van der Waals surface area contributed by atoms with Crippen molar-refractivity contribution in [2.45, 2.75) is 5.92 Å². The molecule has 1 aliphatic rings. The summed E-state index contributed by atoms with van der Waals surface area (Å²) in [7, 11) is 0. The minimum Gasteiger partial charge on any atom is -0.397 e. The quantitative estimate of drug-likeness (QED) is 0.274. The lowest BCUT2D eigenvalue weighted by molar-refractivity contribution is -0.120. The number of amides is 2.